The van der Waals surface area contributed by atoms with Gasteiger partial charge in [-0.15, -0.1) is 0 Å². The first-order valence-corrected chi connectivity index (χ1v) is 8.86. The quantitative estimate of drug-likeness (QED) is 0.904. The van der Waals surface area contributed by atoms with Crippen molar-refractivity contribution in [1.29, 1.82) is 0 Å². The highest BCUT2D eigenvalue weighted by molar-refractivity contribution is 7.91. The highest BCUT2D eigenvalue weighted by Gasteiger charge is 2.30. The van der Waals surface area contributed by atoms with Crippen molar-refractivity contribution < 1.29 is 23.1 Å². The van der Waals surface area contributed by atoms with Crippen LogP contribution in [0.3, 0.4) is 0 Å². The molecule has 1 aliphatic heterocycles. The van der Waals surface area contributed by atoms with E-state index in [1.54, 1.807) is 12.1 Å². The molecule has 1 aliphatic rings. The molecule has 1 fully saturated rings. The summed E-state index contributed by atoms with van der Waals surface area (Å²) in [5.74, 6) is -2.02. The lowest BCUT2D eigenvalue weighted by atomic mass is 9.97. The number of hydrogen-bond donors (Lipinski definition) is 1. The van der Waals surface area contributed by atoms with Crippen molar-refractivity contribution in [2.24, 2.45) is 5.92 Å². The molecule has 0 spiro atoms. The molecule has 1 amide bonds. The van der Waals surface area contributed by atoms with Gasteiger partial charge in [0.25, 0.3) is 5.91 Å². The van der Waals surface area contributed by atoms with Crippen molar-refractivity contribution >= 4 is 21.7 Å². The maximum Gasteiger partial charge on any atom is 0.308 e. The Morgan fingerprint density at radius 2 is 2.00 bits per heavy atom. The lowest BCUT2D eigenvalue weighted by Gasteiger charge is -2.31. The van der Waals surface area contributed by atoms with Crippen LogP contribution in [-0.4, -0.2) is 49.1 Å². The molecule has 1 unspecified atom stereocenters. The maximum atomic E-state index is 12.6. The summed E-state index contributed by atoms with van der Waals surface area (Å²) in [5.41, 5.74) is 0.121. The van der Waals surface area contributed by atoms with Crippen molar-refractivity contribution in [2.45, 2.75) is 24.7 Å². The maximum absolute atomic E-state index is 12.6. The minimum Gasteiger partial charge on any atom is -0.481 e. The van der Waals surface area contributed by atoms with E-state index in [4.69, 9.17) is 5.11 Å². The van der Waals surface area contributed by atoms with Gasteiger partial charge in [-0.25, -0.2) is 8.42 Å². The number of aliphatic carboxylic acids is 1. The number of nitrogens with zero attached hydrogens (tertiary/aromatic N) is 1. The predicted molar refractivity (Wildman–Crippen MR) is 80.4 cm³/mol. The Hall–Kier alpha value is -1.89. The molecule has 0 radical (unpaired) electrons. The van der Waals surface area contributed by atoms with E-state index in [1.165, 1.54) is 24.0 Å². The molecule has 120 valence electrons. The van der Waals surface area contributed by atoms with Gasteiger partial charge in [-0.2, -0.15) is 0 Å². The molecule has 0 saturated carbocycles. The standard InChI is InChI=1S/C15H19NO5S/c1-2-22(20,21)13-8-4-3-7-12(13)14(17)16-9-5-6-11(10-16)15(18)19/h3-4,7-8,11H,2,5-6,9-10H2,1H3,(H,18,19). The minimum atomic E-state index is -3.51. The number of rotatable bonds is 4. The number of amides is 1. The van der Waals surface area contributed by atoms with Gasteiger partial charge in [-0.3, -0.25) is 9.59 Å². The van der Waals surface area contributed by atoms with Crippen LogP contribution in [0.1, 0.15) is 30.1 Å². The Balaban J connectivity index is 2.32. The van der Waals surface area contributed by atoms with Crippen LogP contribution in [0, 0.1) is 5.92 Å². The Morgan fingerprint density at radius 3 is 2.64 bits per heavy atom. The molecule has 1 aromatic rings. The summed E-state index contributed by atoms with van der Waals surface area (Å²) in [7, 11) is -3.51. The second-order valence-electron chi connectivity index (χ2n) is 5.33. The van der Waals surface area contributed by atoms with Crippen LogP contribution in [0.25, 0.3) is 0 Å². The summed E-state index contributed by atoms with van der Waals surface area (Å²) in [6, 6.07) is 6.09. The largest absolute Gasteiger partial charge is 0.481 e. The summed E-state index contributed by atoms with van der Waals surface area (Å²) in [5, 5.41) is 9.10. The summed E-state index contributed by atoms with van der Waals surface area (Å²) in [6.07, 6.45) is 1.14. The highest BCUT2D eigenvalue weighted by Crippen LogP contribution is 2.23. The van der Waals surface area contributed by atoms with E-state index in [0.29, 0.717) is 19.4 Å². The number of carboxylic acids is 1. The highest BCUT2D eigenvalue weighted by atomic mass is 32.2. The lowest BCUT2D eigenvalue weighted by Crippen LogP contribution is -2.42. The molecule has 2 rings (SSSR count). The third kappa shape index (κ3) is 3.30. The van der Waals surface area contributed by atoms with Gasteiger partial charge in [0.1, 0.15) is 0 Å². The van der Waals surface area contributed by atoms with Gasteiger partial charge < -0.3 is 10.0 Å². The molecule has 1 N–H and O–H groups in total. The zero-order valence-corrected chi connectivity index (χ0v) is 13.2. The van der Waals surface area contributed by atoms with Gasteiger partial charge in [-0.1, -0.05) is 19.1 Å². The minimum absolute atomic E-state index is 0.0138. The smallest absolute Gasteiger partial charge is 0.308 e. The van der Waals surface area contributed by atoms with E-state index in [1.807, 2.05) is 0 Å². The molecule has 0 bridgehead atoms. The molecule has 22 heavy (non-hydrogen) atoms. The van der Waals surface area contributed by atoms with Crippen LogP contribution in [0.15, 0.2) is 29.2 Å². The van der Waals surface area contributed by atoms with Crippen LogP contribution >= 0.6 is 0 Å². The molecule has 0 aromatic heterocycles. The van der Waals surface area contributed by atoms with Gasteiger partial charge in [0.2, 0.25) is 0 Å². The molecule has 1 aromatic carbocycles. The van der Waals surface area contributed by atoms with Crippen molar-refractivity contribution in [1.82, 2.24) is 4.90 Å². The predicted octanol–water partition coefficient (Wildman–Crippen LogP) is 1.42. The first-order chi connectivity index (χ1) is 10.4. The molecule has 7 heteroatoms. The Bertz CT molecular complexity index is 683. The van der Waals surface area contributed by atoms with Crippen molar-refractivity contribution in [3.05, 3.63) is 29.8 Å². The van der Waals surface area contributed by atoms with Gasteiger partial charge >= 0.3 is 5.97 Å². The molecular formula is C15H19NO5S. The number of likely N-dealkylation sites (tertiary alicyclic amines) is 1. The number of sulfone groups is 1. The summed E-state index contributed by atoms with van der Waals surface area (Å²) < 4.78 is 24.2. The van der Waals surface area contributed by atoms with Crippen LogP contribution in [-0.2, 0) is 14.6 Å². The van der Waals surface area contributed by atoms with Gasteiger partial charge in [-0.05, 0) is 25.0 Å². The van der Waals surface area contributed by atoms with Crippen molar-refractivity contribution in [3.8, 4) is 0 Å². The van der Waals surface area contributed by atoms with Crippen molar-refractivity contribution in [2.75, 3.05) is 18.8 Å². The molecule has 0 aliphatic carbocycles. The average Bonchev–Trinajstić information content (AvgIpc) is 2.54. The number of piperidine rings is 1. The third-order valence-corrected chi connectivity index (χ3v) is 5.68. The summed E-state index contributed by atoms with van der Waals surface area (Å²) in [4.78, 5) is 25.2. The first-order valence-electron chi connectivity index (χ1n) is 7.20. The zero-order valence-electron chi connectivity index (χ0n) is 12.4. The van der Waals surface area contributed by atoms with Gasteiger partial charge in [0, 0.05) is 13.1 Å². The number of carbonyl (C=O) groups excluding carboxylic acids is 1. The fraction of sp³-hybridized carbons (Fsp3) is 0.467. The van der Waals surface area contributed by atoms with Gasteiger partial charge in [0.05, 0.1) is 22.1 Å². The summed E-state index contributed by atoms with van der Waals surface area (Å²) >= 11 is 0. The third-order valence-electron chi connectivity index (χ3n) is 3.89. The first kappa shape index (κ1) is 16.5. The summed E-state index contributed by atoms with van der Waals surface area (Å²) in [6.45, 7) is 2.09. The van der Waals surface area contributed by atoms with Crippen LogP contribution < -0.4 is 0 Å². The average molecular weight is 325 g/mol. The number of carboxylic acid groups (broad SMARTS) is 1. The Labute approximate surface area is 129 Å². The topological polar surface area (TPSA) is 91.8 Å². The number of hydrogen-bond acceptors (Lipinski definition) is 4. The van der Waals surface area contributed by atoms with Crippen LogP contribution in [0.5, 0.6) is 0 Å². The Morgan fingerprint density at radius 1 is 1.32 bits per heavy atom. The lowest BCUT2D eigenvalue weighted by molar-refractivity contribution is -0.143. The van der Waals surface area contributed by atoms with E-state index in [0.717, 1.165) is 0 Å². The molecule has 6 nitrogen and oxygen atoms in total. The second kappa shape index (κ2) is 6.48. The second-order valence-corrected chi connectivity index (χ2v) is 7.57. The van der Waals surface area contributed by atoms with Gasteiger partial charge in [0.15, 0.2) is 9.84 Å². The van der Waals surface area contributed by atoms with E-state index in [-0.39, 0.29) is 22.8 Å². The number of carbonyl (C=O) groups is 2. The fourth-order valence-electron chi connectivity index (χ4n) is 2.60. The molecule has 1 heterocycles. The molecule has 1 saturated heterocycles. The molecular weight excluding hydrogens is 306 g/mol. The van der Waals surface area contributed by atoms with Crippen LogP contribution in [0.2, 0.25) is 0 Å². The van der Waals surface area contributed by atoms with E-state index in [2.05, 4.69) is 0 Å². The van der Waals surface area contributed by atoms with E-state index in [9.17, 15) is 18.0 Å². The van der Waals surface area contributed by atoms with Crippen LogP contribution in [0.4, 0.5) is 0 Å². The fourth-order valence-corrected chi connectivity index (χ4v) is 3.69. The van der Waals surface area contributed by atoms with E-state index >= 15 is 0 Å². The zero-order chi connectivity index (χ0) is 16.3. The molecule has 1 atom stereocenters. The number of benzene rings is 1. The monoisotopic (exact) mass is 325 g/mol. The van der Waals surface area contributed by atoms with Crippen molar-refractivity contribution in [3.63, 3.8) is 0 Å². The van der Waals surface area contributed by atoms with E-state index < -0.39 is 27.6 Å². The normalized spacial score (nSPS) is 19.0. The SMILES string of the molecule is CCS(=O)(=O)c1ccccc1C(=O)N1CCCC(C(=O)O)C1. The Kier molecular flexibility index (Phi) is 4.85.